The number of piperidine rings is 1. The molecule has 1 fully saturated rings. The molecular weight excluding hydrogens is 238 g/mol. The minimum absolute atomic E-state index is 0.0476. The van der Waals surface area contributed by atoms with E-state index in [-0.39, 0.29) is 5.91 Å². The Bertz CT molecular complexity index is 459. The molecule has 1 aromatic rings. The molecule has 2 rings (SSSR count). The summed E-state index contributed by atoms with van der Waals surface area (Å²) in [5.41, 5.74) is 8.28. The molecule has 0 aliphatic carbocycles. The number of nitrogen functional groups attached to an aromatic ring is 1. The number of hydrogen-bond acceptors (Lipinski definition) is 3. The molecule has 1 aliphatic rings. The van der Waals surface area contributed by atoms with Crippen LogP contribution in [0.1, 0.15) is 36.5 Å². The Morgan fingerprint density at radius 2 is 2.32 bits per heavy atom. The summed E-state index contributed by atoms with van der Waals surface area (Å²) < 4.78 is 0. The highest BCUT2D eigenvalue weighted by Crippen LogP contribution is 2.29. The summed E-state index contributed by atoms with van der Waals surface area (Å²) in [6, 6.07) is 5.52. The van der Waals surface area contributed by atoms with Crippen molar-refractivity contribution < 1.29 is 4.79 Å². The highest BCUT2D eigenvalue weighted by Gasteiger charge is 2.22. The van der Waals surface area contributed by atoms with Crippen molar-refractivity contribution in [1.82, 2.24) is 5.32 Å². The predicted octanol–water partition coefficient (Wildman–Crippen LogP) is 2.25. The summed E-state index contributed by atoms with van der Waals surface area (Å²) in [4.78, 5) is 14.3. The van der Waals surface area contributed by atoms with Gasteiger partial charge in [-0.1, -0.05) is 13.3 Å². The highest BCUT2D eigenvalue weighted by atomic mass is 16.1. The highest BCUT2D eigenvalue weighted by molar-refractivity contribution is 6.00. The lowest BCUT2D eigenvalue weighted by atomic mass is 9.94. The number of nitrogens with one attached hydrogen (secondary N) is 1. The smallest absolute Gasteiger partial charge is 0.253 e. The zero-order chi connectivity index (χ0) is 13.8. The molecule has 104 valence electrons. The molecule has 4 nitrogen and oxygen atoms in total. The second kappa shape index (κ2) is 5.95. The molecule has 0 aromatic heterocycles. The Kier molecular flexibility index (Phi) is 4.30. The summed E-state index contributed by atoms with van der Waals surface area (Å²) in [5, 5.41) is 2.70. The fourth-order valence-electron chi connectivity index (χ4n) is 2.75. The number of amides is 1. The van der Waals surface area contributed by atoms with Gasteiger partial charge >= 0.3 is 0 Å². The van der Waals surface area contributed by atoms with Gasteiger partial charge in [-0.2, -0.15) is 0 Å². The standard InChI is InChI=1S/C15H23N3O/c1-3-11-5-4-8-18(10-11)14-9-12(16)6-7-13(14)15(19)17-2/h6-7,9,11H,3-5,8,10,16H2,1-2H3,(H,17,19). The topological polar surface area (TPSA) is 58.4 Å². The van der Waals surface area contributed by atoms with Crippen molar-refractivity contribution in [3.8, 4) is 0 Å². The van der Waals surface area contributed by atoms with E-state index in [1.165, 1.54) is 19.3 Å². The molecule has 1 amide bonds. The van der Waals surface area contributed by atoms with E-state index >= 15 is 0 Å². The van der Waals surface area contributed by atoms with Gasteiger partial charge in [-0.15, -0.1) is 0 Å². The number of carbonyl (C=O) groups excluding carboxylic acids is 1. The number of hydrogen-bond donors (Lipinski definition) is 2. The van der Waals surface area contributed by atoms with Crippen LogP contribution in [0.2, 0.25) is 0 Å². The number of nitrogens with two attached hydrogens (primary N) is 1. The average molecular weight is 261 g/mol. The van der Waals surface area contributed by atoms with E-state index in [1.807, 2.05) is 12.1 Å². The Labute approximate surface area is 115 Å². The Hall–Kier alpha value is -1.71. The van der Waals surface area contributed by atoms with E-state index < -0.39 is 0 Å². The van der Waals surface area contributed by atoms with E-state index in [9.17, 15) is 4.79 Å². The van der Waals surface area contributed by atoms with Crippen LogP contribution in [0.3, 0.4) is 0 Å². The molecule has 0 spiro atoms. The number of carbonyl (C=O) groups is 1. The number of anilines is 2. The van der Waals surface area contributed by atoms with Gasteiger partial charge in [-0.25, -0.2) is 0 Å². The fourth-order valence-corrected chi connectivity index (χ4v) is 2.75. The van der Waals surface area contributed by atoms with Crippen LogP contribution in [-0.4, -0.2) is 26.0 Å². The lowest BCUT2D eigenvalue weighted by Gasteiger charge is -2.35. The summed E-state index contributed by atoms with van der Waals surface area (Å²) in [5.74, 6) is 0.668. The first-order valence-electron chi connectivity index (χ1n) is 7.02. The van der Waals surface area contributed by atoms with Gasteiger partial charge in [0.1, 0.15) is 0 Å². The van der Waals surface area contributed by atoms with Crippen LogP contribution < -0.4 is 16.0 Å². The van der Waals surface area contributed by atoms with Crippen molar-refractivity contribution in [3.63, 3.8) is 0 Å². The molecule has 19 heavy (non-hydrogen) atoms. The third-order valence-electron chi connectivity index (χ3n) is 3.93. The van der Waals surface area contributed by atoms with Crippen LogP contribution in [0.5, 0.6) is 0 Å². The Balaban J connectivity index is 2.31. The summed E-state index contributed by atoms with van der Waals surface area (Å²) in [6.45, 7) is 4.25. The van der Waals surface area contributed by atoms with Gasteiger partial charge in [0.25, 0.3) is 5.91 Å². The van der Waals surface area contributed by atoms with E-state index in [0.29, 0.717) is 17.2 Å². The first-order valence-corrected chi connectivity index (χ1v) is 7.02. The molecule has 0 bridgehead atoms. The van der Waals surface area contributed by atoms with Crippen LogP contribution in [-0.2, 0) is 0 Å². The van der Waals surface area contributed by atoms with Gasteiger partial charge in [-0.05, 0) is 37.0 Å². The molecule has 1 aliphatic heterocycles. The van der Waals surface area contributed by atoms with E-state index in [2.05, 4.69) is 17.1 Å². The minimum Gasteiger partial charge on any atom is -0.399 e. The lowest BCUT2D eigenvalue weighted by Crippen LogP contribution is -2.36. The molecule has 3 N–H and O–H groups in total. The maximum absolute atomic E-state index is 12.0. The van der Waals surface area contributed by atoms with E-state index in [1.54, 1.807) is 13.1 Å². The van der Waals surface area contributed by atoms with Crippen molar-refractivity contribution in [2.75, 3.05) is 30.8 Å². The monoisotopic (exact) mass is 261 g/mol. The molecule has 1 unspecified atom stereocenters. The second-order valence-corrected chi connectivity index (χ2v) is 5.22. The van der Waals surface area contributed by atoms with Gasteiger partial charge in [0.05, 0.1) is 11.3 Å². The molecular formula is C15H23N3O. The molecule has 0 saturated carbocycles. The van der Waals surface area contributed by atoms with Crippen LogP contribution in [0.15, 0.2) is 18.2 Å². The van der Waals surface area contributed by atoms with Crippen molar-refractivity contribution in [2.45, 2.75) is 26.2 Å². The maximum Gasteiger partial charge on any atom is 0.253 e. The van der Waals surface area contributed by atoms with Crippen LogP contribution >= 0.6 is 0 Å². The second-order valence-electron chi connectivity index (χ2n) is 5.22. The van der Waals surface area contributed by atoms with Gasteiger partial charge in [0, 0.05) is 25.8 Å². The predicted molar refractivity (Wildman–Crippen MR) is 79.5 cm³/mol. The zero-order valence-corrected chi connectivity index (χ0v) is 11.8. The Morgan fingerprint density at radius 1 is 1.53 bits per heavy atom. The first kappa shape index (κ1) is 13.7. The summed E-state index contributed by atoms with van der Waals surface area (Å²) in [6.07, 6.45) is 3.65. The van der Waals surface area contributed by atoms with Gasteiger partial charge in [-0.3, -0.25) is 4.79 Å². The van der Waals surface area contributed by atoms with E-state index in [4.69, 9.17) is 5.73 Å². The van der Waals surface area contributed by atoms with Crippen LogP contribution in [0, 0.1) is 5.92 Å². The largest absolute Gasteiger partial charge is 0.399 e. The van der Waals surface area contributed by atoms with Crippen molar-refractivity contribution in [3.05, 3.63) is 23.8 Å². The molecule has 1 atom stereocenters. The SMILES string of the molecule is CCC1CCCN(c2cc(N)ccc2C(=O)NC)C1. The zero-order valence-electron chi connectivity index (χ0n) is 11.8. The van der Waals surface area contributed by atoms with Gasteiger partial charge in [0.15, 0.2) is 0 Å². The molecule has 1 saturated heterocycles. The molecule has 1 heterocycles. The molecule has 1 aromatic carbocycles. The molecule has 4 heteroatoms. The van der Waals surface area contributed by atoms with Gasteiger partial charge in [0.2, 0.25) is 0 Å². The summed E-state index contributed by atoms with van der Waals surface area (Å²) >= 11 is 0. The van der Waals surface area contributed by atoms with Gasteiger partial charge < -0.3 is 16.0 Å². The molecule has 0 radical (unpaired) electrons. The van der Waals surface area contributed by atoms with Crippen LogP contribution in [0.25, 0.3) is 0 Å². The van der Waals surface area contributed by atoms with Crippen molar-refractivity contribution in [1.29, 1.82) is 0 Å². The minimum atomic E-state index is -0.0476. The number of nitrogens with zero attached hydrogens (tertiary/aromatic N) is 1. The van der Waals surface area contributed by atoms with Crippen LogP contribution in [0.4, 0.5) is 11.4 Å². The third kappa shape index (κ3) is 3.00. The number of benzene rings is 1. The number of rotatable bonds is 3. The Morgan fingerprint density at radius 3 is 3.00 bits per heavy atom. The average Bonchev–Trinajstić information content (AvgIpc) is 2.46. The fraction of sp³-hybridized carbons (Fsp3) is 0.533. The quantitative estimate of drug-likeness (QED) is 0.821. The van der Waals surface area contributed by atoms with Crippen molar-refractivity contribution in [2.24, 2.45) is 5.92 Å². The van der Waals surface area contributed by atoms with E-state index in [0.717, 1.165) is 18.8 Å². The van der Waals surface area contributed by atoms with Crippen molar-refractivity contribution >= 4 is 17.3 Å². The first-order chi connectivity index (χ1) is 9.15. The normalized spacial score (nSPS) is 19.3. The summed E-state index contributed by atoms with van der Waals surface area (Å²) in [7, 11) is 1.66. The third-order valence-corrected chi connectivity index (χ3v) is 3.93. The lowest BCUT2D eigenvalue weighted by molar-refractivity contribution is 0.0963. The maximum atomic E-state index is 12.0.